The summed E-state index contributed by atoms with van der Waals surface area (Å²) in [5.41, 5.74) is 1.37. The van der Waals surface area contributed by atoms with Crippen molar-refractivity contribution < 1.29 is 9.66 Å². The van der Waals surface area contributed by atoms with Crippen molar-refractivity contribution in [3.05, 3.63) is 46.5 Å². The maximum absolute atomic E-state index is 11.0. The first-order valence-corrected chi connectivity index (χ1v) is 5.63. The Balaban J connectivity index is 2.20. The molecule has 7 nitrogen and oxygen atoms in total. The largest absolute Gasteiger partial charge is 0.496 e. The highest BCUT2D eigenvalue weighted by molar-refractivity contribution is 5.63. The Morgan fingerprint density at radius 3 is 2.89 bits per heavy atom. The molecule has 0 saturated heterocycles. The van der Waals surface area contributed by atoms with Crippen molar-refractivity contribution in [3.8, 4) is 5.75 Å². The molecular weight excluding hydrogens is 248 g/mol. The van der Waals surface area contributed by atoms with Gasteiger partial charge < -0.3 is 14.6 Å². The molecule has 0 bridgehead atoms. The number of nitrogens with one attached hydrogen (secondary N) is 1. The topological polar surface area (TPSA) is 82.2 Å². The van der Waals surface area contributed by atoms with E-state index in [1.165, 1.54) is 13.2 Å². The molecule has 0 spiro atoms. The SMILES string of the molecule is COc1ccc(NCc2cncn2C)c([N+](=O)[O-])c1. The average molecular weight is 262 g/mol. The minimum absolute atomic E-state index is 0.0125. The molecule has 2 rings (SSSR count). The molecule has 0 unspecified atom stereocenters. The maximum atomic E-state index is 11.0. The smallest absolute Gasteiger partial charge is 0.296 e. The van der Waals surface area contributed by atoms with Crippen molar-refractivity contribution in [2.24, 2.45) is 7.05 Å². The molecule has 0 amide bonds. The number of hydrogen-bond donors (Lipinski definition) is 1. The van der Waals surface area contributed by atoms with Gasteiger partial charge in [-0.3, -0.25) is 10.1 Å². The third-order valence-corrected chi connectivity index (χ3v) is 2.78. The fourth-order valence-electron chi connectivity index (χ4n) is 1.68. The molecule has 1 N–H and O–H groups in total. The van der Waals surface area contributed by atoms with Crippen LogP contribution in [0.1, 0.15) is 5.69 Å². The second kappa shape index (κ2) is 5.38. The van der Waals surface area contributed by atoms with Crippen LogP contribution in [0.15, 0.2) is 30.7 Å². The number of anilines is 1. The minimum atomic E-state index is -0.436. The van der Waals surface area contributed by atoms with Crippen LogP contribution in [0.4, 0.5) is 11.4 Å². The van der Waals surface area contributed by atoms with Crippen LogP contribution in [0.2, 0.25) is 0 Å². The van der Waals surface area contributed by atoms with E-state index in [2.05, 4.69) is 10.3 Å². The van der Waals surface area contributed by atoms with E-state index in [4.69, 9.17) is 4.74 Å². The normalized spacial score (nSPS) is 10.2. The van der Waals surface area contributed by atoms with E-state index in [9.17, 15) is 10.1 Å². The van der Waals surface area contributed by atoms with Gasteiger partial charge in [0.15, 0.2) is 0 Å². The van der Waals surface area contributed by atoms with Crippen molar-refractivity contribution in [1.82, 2.24) is 9.55 Å². The van der Waals surface area contributed by atoms with E-state index in [0.29, 0.717) is 18.0 Å². The van der Waals surface area contributed by atoms with Crippen LogP contribution in [0.3, 0.4) is 0 Å². The number of ether oxygens (including phenoxy) is 1. The Labute approximate surface area is 110 Å². The number of nitrogens with zero attached hydrogens (tertiary/aromatic N) is 3. The van der Waals surface area contributed by atoms with E-state index in [1.807, 2.05) is 11.6 Å². The van der Waals surface area contributed by atoms with Gasteiger partial charge in [-0.15, -0.1) is 0 Å². The second-order valence-corrected chi connectivity index (χ2v) is 3.99. The first kappa shape index (κ1) is 12.9. The van der Waals surface area contributed by atoms with Crippen molar-refractivity contribution >= 4 is 11.4 Å². The summed E-state index contributed by atoms with van der Waals surface area (Å²) in [5.74, 6) is 0.456. The number of hydrogen-bond acceptors (Lipinski definition) is 5. The molecule has 0 saturated carbocycles. The highest BCUT2D eigenvalue weighted by Gasteiger charge is 2.15. The molecule has 0 aliphatic carbocycles. The van der Waals surface area contributed by atoms with E-state index < -0.39 is 4.92 Å². The Bertz CT molecular complexity index is 594. The Morgan fingerprint density at radius 2 is 2.32 bits per heavy atom. The highest BCUT2D eigenvalue weighted by atomic mass is 16.6. The molecule has 19 heavy (non-hydrogen) atoms. The fraction of sp³-hybridized carbons (Fsp3) is 0.250. The molecule has 2 aromatic rings. The fourth-order valence-corrected chi connectivity index (χ4v) is 1.68. The first-order chi connectivity index (χ1) is 9.11. The van der Waals surface area contributed by atoms with Crippen LogP contribution >= 0.6 is 0 Å². The minimum Gasteiger partial charge on any atom is -0.496 e. The van der Waals surface area contributed by atoms with E-state index >= 15 is 0 Å². The number of benzene rings is 1. The second-order valence-electron chi connectivity index (χ2n) is 3.99. The summed E-state index contributed by atoms with van der Waals surface area (Å²) in [4.78, 5) is 14.6. The summed E-state index contributed by atoms with van der Waals surface area (Å²) in [7, 11) is 3.34. The molecule has 0 atom stereocenters. The zero-order valence-corrected chi connectivity index (χ0v) is 10.7. The molecule has 0 aliphatic heterocycles. The molecular formula is C12H14N4O3. The molecule has 100 valence electrons. The summed E-state index contributed by atoms with van der Waals surface area (Å²) in [5, 5.41) is 14.0. The van der Waals surface area contributed by atoms with Crippen LogP contribution in [0, 0.1) is 10.1 Å². The highest BCUT2D eigenvalue weighted by Crippen LogP contribution is 2.29. The van der Waals surface area contributed by atoms with Gasteiger partial charge in [-0.1, -0.05) is 0 Å². The van der Waals surface area contributed by atoms with Crippen LogP contribution in [-0.2, 0) is 13.6 Å². The summed E-state index contributed by atoms with van der Waals surface area (Å²) >= 11 is 0. The summed E-state index contributed by atoms with van der Waals surface area (Å²) in [6.07, 6.45) is 3.39. The number of nitro benzene ring substituents is 1. The first-order valence-electron chi connectivity index (χ1n) is 5.63. The van der Waals surface area contributed by atoms with E-state index in [-0.39, 0.29) is 5.69 Å². The zero-order valence-electron chi connectivity index (χ0n) is 10.7. The Kier molecular flexibility index (Phi) is 3.65. The lowest BCUT2D eigenvalue weighted by Gasteiger charge is -2.08. The number of rotatable bonds is 5. The monoisotopic (exact) mass is 262 g/mol. The van der Waals surface area contributed by atoms with Gasteiger partial charge in [-0.05, 0) is 12.1 Å². The summed E-state index contributed by atoms with van der Waals surface area (Å²) in [6, 6.07) is 4.71. The quantitative estimate of drug-likeness (QED) is 0.657. The third kappa shape index (κ3) is 2.82. The maximum Gasteiger partial charge on any atom is 0.296 e. The average Bonchev–Trinajstić information content (AvgIpc) is 2.81. The van der Waals surface area contributed by atoms with Crippen molar-refractivity contribution in [3.63, 3.8) is 0 Å². The van der Waals surface area contributed by atoms with Crippen molar-refractivity contribution in [2.75, 3.05) is 12.4 Å². The van der Waals surface area contributed by atoms with Gasteiger partial charge in [0.05, 0.1) is 36.7 Å². The molecule has 1 aromatic carbocycles. The van der Waals surface area contributed by atoms with Crippen LogP contribution in [0.5, 0.6) is 5.75 Å². The van der Waals surface area contributed by atoms with Crippen LogP contribution < -0.4 is 10.1 Å². The predicted octanol–water partition coefficient (Wildman–Crippen LogP) is 1.95. The third-order valence-electron chi connectivity index (χ3n) is 2.78. The number of methoxy groups -OCH3 is 1. The van der Waals surface area contributed by atoms with Gasteiger partial charge in [-0.2, -0.15) is 0 Å². The molecule has 0 aliphatic rings. The molecule has 7 heteroatoms. The van der Waals surface area contributed by atoms with Gasteiger partial charge in [-0.25, -0.2) is 4.98 Å². The summed E-state index contributed by atoms with van der Waals surface area (Å²) < 4.78 is 6.83. The number of imidazole rings is 1. The number of aromatic nitrogens is 2. The molecule has 0 radical (unpaired) electrons. The Hall–Kier alpha value is -2.57. The molecule has 1 heterocycles. The lowest BCUT2D eigenvalue weighted by atomic mass is 10.2. The van der Waals surface area contributed by atoms with Gasteiger partial charge in [0.25, 0.3) is 5.69 Å². The van der Waals surface area contributed by atoms with E-state index in [1.54, 1.807) is 24.7 Å². The van der Waals surface area contributed by atoms with Crippen LogP contribution in [0.25, 0.3) is 0 Å². The van der Waals surface area contributed by atoms with Crippen LogP contribution in [-0.4, -0.2) is 21.6 Å². The Morgan fingerprint density at radius 1 is 1.53 bits per heavy atom. The molecule has 1 aromatic heterocycles. The number of nitro groups is 1. The van der Waals surface area contributed by atoms with E-state index in [0.717, 1.165) is 5.69 Å². The van der Waals surface area contributed by atoms with Gasteiger partial charge in [0.2, 0.25) is 0 Å². The predicted molar refractivity (Wildman–Crippen MR) is 70.2 cm³/mol. The summed E-state index contributed by atoms with van der Waals surface area (Å²) in [6.45, 7) is 0.462. The van der Waals surface area contributed by atoms with Gasteiger partial charge in [0, 0.05) is 13.2 Å². The van der Waals surface area contributed by atoms with Gasteiger partial charge in [0.1, 0.15) is 11.4 Å². The van der Waals surface area contributed by atoms with Gasteiger partial charge >= 0.3 is 0 Å². The zero-order chi connectivity index (χ0) is 13.8. The standard InChI is InChI=1S/C12H14N4O3/c1-15-8-13-6-9(15)7-14-11-4-3-10(19-2)5-12(11)16(17)18/h3-6,8,14H,7H2,1-2H3. The lowest BCUT2D eigenvalue weighted by Crippen LogP contribution is -2.06. The number of aryl methyl sites for hydroxylation is 1. The van der Waals surface area contributed by atoms with Crippen molar-refractivity contribution in [2.45, 2.75) is 6.54 Å². The molecule has 0 fully saturated rings. The lowest BCUT2D eigenvalue weighted by molar-refractivity contribution is -0.384. The van der Waals surface area contributed by atoms with Crippen molar-refractivity contribution in [1.29, 1.82) is 0 Å².